The van der Waals surface area contributed by atoms with Gasteiger partial charge in [-0.1, -0.05) is 30.3 Å². The Bertz CT molecular complexity index is 653. The highest BCUT2D eigenvalue weighted by Gasteiger charge is 2.44. The van der Waals surface area contributed by atoms with Crippen LogP contribution in [0.3, 0.4) is 0 Å². The second kappa shape index (κ2) is 8.18. The lowest BCUT2D eigenvalue weighted by Crippen LogP contribution is -2.49. The average molecular weight is 365 g/mol. The molecule has 1 aliphatic rings. The van der Waals surface area contributed by atoms with E-state index in [1.165, 1.54) is 0 Å². The third-order valence-electron chi connectivity index (χ3n) is 3.53. The second-order valence-corrected chi connectivity index (χ2v) is 6.95. The van der Waals surface area contributed by atoms with Crippen molar-refractivity contribution in [1.82, 2.24) is 5.32 Å². The van der Waals surface area contributed by atoms with E-state index in [1.807, 2.05) is 6.07 Å². The predicted octanol–water partition coefficient (Wildman–Crippen LogP) is 1.30. The summed E-state index contributed by atoms with van der Waals surface area (Å²) in [4.78, 5) is 35.5. The summed E-state index contributed by atoms with van der Waals surface area (Å²) in [6.07, 6.45) is -3.90. The normalized spacial score (nSPS) is 20.8. The number of carbonyl (C=O) groups excluding carboxylic acids is 3. The minimum atomic E-state index is -1.72. The van der Waals surface area contributed by atoms with E-state index in [0.29, 0.717) is 0 Å². The molecule has 0 bridgehead atoms. The van der Waals surface area contributed by atoms with Crippen LogP contribution < -0.4 is 5.32 Å². The number of hydrogen-bond donors (Lipinski definition) is 2. The van der Waals surface area contributed by atoms with Crippen LogP contribution in [0.1, 0.15) is 32.8 Å². The number of hydrogen-bond acceptors (Lipinski definition) is 7. The summed E-state index contributed by atoms with van der Waals surface area (Å²) in [5, 5.41) is 12.6. The summed E-state index contributed by atoms with van der Waals surface area (Å²) in [5.74, 6) is -1.57. The highest BCUT2D eigenvalue weighted by atomic mass is 16.6. The van der Waals surface area contributed by atoms with E-state index in [4.69, 9.17) is 14.2 Å². The quantitative estimate of drug-likeness (QED) is 0.597. The molecule has 142 valence electrons. The Morgan fingerprint density at radius 2 is 1.96 bits per heavy atom. The van der Waals surface area contributed by atoms with Gasteiger partial charge >= 0.3 is 18.0 Å². The minimum absolute atomic E-state index is 0.0262. The lowest BCUT2D eigenvalue weighted by molar-refractivity contribution is -0.165. The molecule has 1 amide bonds. The number of cyclic esters (lactones) is 1. The van der Waals surface area contributed by atoms with Gasteiger partial charge in [0.25, 0.3) is 0 Å². The van der Waals surface area contributed by atoms with Gasteiger partial charge in [0.1, 0.15) is 12.2 Å². The van der Waals surface area contributed by atoms with E-state index < -0.39 is 41.9 Å². The summed E-state index contributed by atoms with van der Waals surface area (Å²) in [6.45, 7) is 5.05. The van der Waals surface area contributed by atoms with Gasteiger partial charge in [0.15, 0.2) is 12.2 Å². The largest absolute Gasteiger partial charge is 0.459 e. The molecule has 0 radical (unpaired) electrons. The molecule has 0 aromatic heterocycles. The zero-order valence-corrected chi connectivity index (χ0v) is 14.9. The van der Waals surface area contributed by atoms with Crippen LogP contribution in [-0.4, -0.2) is 47.0 Å². The highest BCUT2D eigenvalue weighted by Crippen LogP contribution is 2.20. The standard InChI is InChI=1S/C18H23NO7/c1-18(2,3)26-17(23)19-12-9-13(20)25-15(12)14(21)16(22)24-10-11-7-5-4-6-8-11/h4-8,12,14-15,21H,9-10H2,1-3H3,(H,19,23)/t12-,14-,15-/m0/s1. The molecule has 1 aromatic carbocycles. The molecule has 3 atom stereocenters. The molecule has 8 nitrogen and oxygen atoms in total. The number of benzene rings is 1. The van der Waals surface area contributed by atoms with Crippen LogP contribution in [0, 0.1) is 0 Å². The van der Waals surface area contributed by atoms with Crippen molar-refractivity contribution in [3.8, 4) is 0 Å². The van der Waals surface area contributed by atoms with Crippen LogP contribution >= 0.6 is 0 Å². The van der Waals surface area contributed by atoms with Crippen molar-refractivity contribution in [2.45, 2.75) is 57.6 Å². The fraction of sp³-hybridized carbons (Fsp3) is 0.500. The van der Waals surface area contributed by atoms with Crippen LogP contribution in [0.15, 0.2) is 30.3 Å². The smallest absolute Gasteiger partial charge is 0.408 e. The van der Waals surface area contributed by atoms with Gasteiger partial charge in [0, 0.05) is 0 Å². The highest BCUT2D eigenvalue weighted by molar-refractivity contribution is 5.80. The number of ether oxygens (including phenoxy) is 3. The van der Waals surface area contributed by atoms with E-state index in [-0.39, 0.29) is 13.0 Å². The van der Waals surface area contributed by atoms with Gasteiger partial charge in [-0.15, -0.1) is 0 Å². The van der Waals surface area contributed by atoms with Gasteiger partial charge in [-0.2, -0.15) is 0 Å². The zero-order chi connectivity index (χ0) is 19.3. The first-order valence-electron chi connectivity index (χ1n) is 8.23. The number of nitrogens with one attached hydrogen (secondary N) is 1. The third-order valence-corrected chi connectivity index (χ3v) is 3.53. The Morgan fingerprint density at radius 3 is 2.58 bits per heavy atom. The SMILES string of the molecule is CC(C)(C)OC(=O)N[C@H]1CC(=O)O[C@@H]1[C@H](O)C(=O)OCc1ccccc1. The van der Waals surface area contributed by atoms with Crippen LogP contribution in [-0.2, 0) is 30.4 Å². The maximum Gasteiger partial charge on any atom is 0.408 e. The van der Waals surface area contributed by atoms with Crippen molar-refractivity contribution >= 4 is 18.0 Å². The summed E-state index contributed by atoms with van der Waals surface area (Å²) in [5.41, 5.74) is 0.0240. The minimum Gasteiger partial charge on any atom is -0.459 e. The van der Waals surface area contributed by atoms with Crippen molar-refractivity contribution in [2.75, 3.05) is 0 Å². The Hall–Kier alpha value is -2.61. The Morgan fingerprint density at radius 1 is 1.31 bits per heavy atom. The van der Waals surface area contributed by atoms with E-state index in [2.05, 4.69) is 5.32 Å². The first-order valence-corrected chi connectivity index (χ1v) is 8.23. The topological polar surface area (TPSA) is 111 Å². The van der Waals surface area contributed by atoms with Crippen molar-refractivity contribution in [1.29, 1.82) is 0 Å². The first kappa shape index (κ1) is 19.7. The average Bonchev–Trinajstić information content (AvgIpc) is 2.91. The molecule has 0 aliphatic carbocycles. The van der Waals surface area contributed by atoms with Gasteiger partial charge in [-0.3, -0.25) is 4.79 Å². The Labute approximate surface area is 151 Å². The molecule has 1 aromatic rings. The fourth-order valence-electron chi connectivity index (χ4n) is 2.40. The molecule has 0 spiro atoms. The van der Waals surface area contributed by atoms with Gasteiger partial charge < -0.3 is 24.6 Å². The third kappa shape index (κ3) is 5.73. The summed E-state index contributed by atoms with van der Waals surface area (Å²) in [6, 6.07) is 8.05. The number of amides is 1. The van der Waals surface area contributed by atoms with E-state index in [1.54, 1.807) is 45.0 Å². The number of alkyl carbamates (subject to hydrolysis) is 1. The summed E-state index contributed by atoms with van der Waals surface area (Å²) < 4.78 is 15.1. The second-order valence-electron chi connectivity index (χ2n) is 6.95. The summed E-state index contributed by atoms with van der Waals surface area (Å²) >= 11 is 0. The van der Waals surface area contributed by atoms with Gasteiger partial charge in [0.05, 0.1) is 12.5 Å². The molecule has 1 aliphatic heterocycles. The Kier molecular flexibility index (Phi) is 6.20. The number of aliphatic hydroxyl groups excluding tert-OH is 1. The summed E-state index contributed by atoms with van der Waals surface area (Å²) in [7, 11) is 0. The number of rotatable bonds is 5. The molecule has 1 fully saturated rings. The predicted molar refractivity (Wildman–Crippen MR) is 89.9 cm³/mol. The molecular weight excluding hydrogens is 342 g/mol. The van der Waals surface area contributed by atoms with Gasteiger partial charge in [-0.25, -0.2) is 9.59 Å². The zero-order valence-electron chi connectivity index (χ0n) is 14.9. The number of aliphatic hydroxyl groups is 1. The molecule has 26 heavy (non-hydrogen) atoms. The van der Waals surface area contributed by atoms with Gasteiger partial charge in [-0.05, 0) is 26.3 Å². The maximum absolute atomic E-state index is 12.1. The first-order chi connectivity index (χ1) is 12.2. The maximum atomic E-state index is 12.1. The van der Waals surface area contributed by atoms with E-state index in [9.17, 15) is 19.5 Å². The van der Waals surface area contributed by atoms with Crippen molar-refractivity contribution in [3.63, 3.8) is 0 Å². The molecular formula is C18H23NO7. The van der Waals surface area contributed by atoms with Gasteiger partial charge in [0.2, 0.25) is 0 Å². The Balaban J connectivity index is 1.94. The molecule has 8 heteroatoms. The molecule has 0 saturated carbocycles. The molecule has 1 saturated heterocycles. The van der Waals surface area contributed by atoms with E-state index >= 15 is 0 Å². The number of esters is 2. The molecule has 2 rings (SSSR count). The van der Waals surface area contributed by atoms with E-state index in [0.717, 1.165) is 5.56 Å². The van der Waals surface area contributed by atoms with Crippen molar-refractivity contribution < 1.29 is 33.7 Å². The van der Waals surface area contributed by atoms with Crippen LogP contribution in [0.2, 0.25) is 0 Å². The van der Waals surface area contributed by atoms with Crippen molar-refractivity contribution in [3.05, 3.63) is 35.9 Å². The molecule has 0 unspecified atom stereocenters. The lowest BCUT2D eigenvalue weighted by atomic mass is 10.1. The van der Waals surface area contributed by atoms with Crippen LogP contribution in [0.25, 0.3) is 0 Å². The fourth-order valence-corrected chi connectivity index (χ4v) is 2.40. The number of carbonyl (C=O) groups is 3. The van der Waals surface area contributed by atoms with Crippen LogP contribution in [0.4, 0.5) is 4.79 Å². The molecule has 2 N–H and O–H groups in total. The monoisotopic (exact) mass is 365 g/mol. The lowest BCUT2D eigenvalue weighted by Gasteiger charge is -2.25. The van der Waals surface area contributed by atoms with Crippen LogP contribution in [0.5, 0.6) is 0 Å². The molecule has 1 heterocycles. The van der Waals surface area contributed by atoms with Crippen molar-refractivity contribution in [2.24, 2.45) is 0 Å².